The normalized spacial score (nSPS) is 11.6. The van der Waals surface area contributed by atoms with Gasteiger partial charge >= 0.3 is 5.97 Å². The van der Waals surface area contributed by atoms with Gasteiger partial charge < -0.3 is 4.74 Å². The summed E-state index contributed by atoms with van der Waals surface area (Å²) in [4.78, 5) is 12.2. The lowest BCUT2D eigenvalue weighted by molar-refractivity contribution is -0.150. The van der Waals surface area contributed by atoms with Gasteiger partial charge in [-0.3, -0.25) is 4.79 Å². The molecule has 0 rings (SSSR count). The first kappa shape index (κ1) is 30.2. The summed E-state index contributed by atoms with van der Waals surface area (Å²) in [6.07, 6.45) is 31.7. The molecule has 31 heavy (non-hydrogen) atoms. The highest BCUT2D eigenvalue weighted by molar-refractivity contribution is 5.69. The van der Waals surface area contributed by atoms with Gasteiger partial charge in [0.15, 0.2) is 0 Å². The molecule has 0 fully saturated rings. The number of ether oxygens (including phenoxy) is 1. The van der Waals surface area contributed by atoms with Crippen LogP contribution in [0.2, 0.25) is 0 Å². The van der Waals surface area contributed by atoms with Crippen molar-refractivity contribution in [3.63, 3.8) is 0 Å². The average Bonchev–Trinajstić information content (AvgIpc) is 2.76. The van der Waals surface area contributed by atoms with Gasteiger partial charge in [0.25, 0.3) is 0 Å². The molecule has 0 aliphatic rings. The van der Waals surface area contributed by atoms with E-state index in [-0.39, 0.29) is 12.1 Å². The van der Waals surface area contributed by atoms with E-state index in [0.717, 1.165) is 25.7 Å². The van der Waals surface area contributed by atoms with E-state index in [0.29, 0.717) is 6.42 Å². The van der Waals surface area contributed by atoms with Crippen molar-refractivity contribution in [1.29, 1.82) is 0 Å². The highest BCUT2D eigenvalue weighted by Crippen LogP contribution is 2.16. The Morgan fingerprint density at radius 3 is 1.52 bits per heavy atom. The molecule has 0 saturated heterocycles. The molecule has 0 saturated carbocycles. The SMILES string of the molecule is CCCCCCCC/C=C\CCCCCCCC(=O)OC(CCCCC)CCCCC. The molecule has 0 spiro atoms. The van der Waals surface area contributed by atoms with Crippen LogP contribution >= 0.6 is 0 Å². The third-order valence-corrected chi connectivity index (χ3v) is 6.20. The van der Waals surface area contributed by atoms with E-state index >= 15 is 0 Å². The van der Waals surface area contributed by atoms with Gasteiger partial charge in [-0.15, -0.1) is 0 Å². The lowest BCUT2D eigenvalue weighted by atomic mass is 10.0. The highest BCUT2D eigenvalue weighted by atomic mass is 16.5. The van der Waals surface area contributed by atoms with E-state index < -0.39 is 0 Å². The highest BCUT2D eigenvalue weighted by Gasteiger charge is 2.13. The summed E-state index contributed by atoms with van der Waals surface area (Å²) < 4.78 is 5.81. The molecule has 2 nitrogen and oxygen atoms in total. The third-order valence-electron chi connectivity index (χ3n) is 6.20. The Bertz CT molecular complexity index is 378. The van der Waals surface area contributed by atoms with Gasteiger partial charge in [0.2, 0.25) is 0 Å². The van der Waals surface area contributed by atoms with Crippen molar-refractivity contribution in [2.75, 3.05) is 0 Å². The Labute approximate surface area is 196 Å². The Morgan fingerprint density at radius 1 is 0.581 bits per heavy atom. The largest absolute Gasteiger partial charge is 0.462 e. The van der Waals surface area contributed by atoms with E-state index in [1.807, 2.05) is 0 Å². The monoisotopic (exact) mass is 436 g/mol. The number of allylic oxidation sites excluding steroid dienone is 2. The second-order valence-corrected chi connectivity index (χ2v) is 9.44. The molecule has 0 atom stereocenters. The van der Waals surface area contributed by atoms with Crippen molar-refractivity contribution >= 4 is 5.97 Å². The van der Waals surface area contributed by atoms with Crippen LogP contribution in [0.3, 0.4) is 0 Å². The van der Waals surface area contributed by atoms with E-state index in [1.54, 1.807) is 0 Å². The van der Waals surface area contributed by atoms with Gasteiger partial charge in [-0.05, 0) is 57.8 Å². The van der Waals surface area contributed by atoms with Crippen LogP contribution in [0.5, 0.6) is 0 Å². The zero-order valence-corrected chi connectivity index (χ0v) is 21.6. The van der Waals surface area contributed by atoms with Crippen molar-refractivity contribution in [2.45, 2.75) is 168 Å². The van der Waals surface area contributed by atoms with Crippen molar-refractivity contribution in [3.05, 3.63) is 12.2 Å². The minimum atomic E-state index is 0.0376. The predicted octanol–water partition coefficient (Wildman–Crippen LogP) is 10.1. The summed E-state index contributed by atoms with van der Waals surface area (Å²) in [7, 11) is 0. The van der Waals surface area contributed by atoms with Crippen LogP contribution in [-0.4, -0.2) is 12.1 Å². The van der Waals surface area contributed by atoms with Gasteiger partial charge in [0.1, 0.15) is 6.10 Å². The Balaban J connectivity index is 3.59. The number of hydrogen-bond acceptors (Lipinski definition) is 2. The lowest BCUT2D eigenvalue weighted by Gasteiger charge is -2.18. The maximum atomic E-state index is 12.2. The molecular formula is C29H56O2. The zero-order valence-electron chi connectivity index (χ0n) is 21.6. The molecule has 184 valence electrons. The Hall–Kier alpha value is -0.790. The molecule has 0 unspecified atom stereocenters. The van der Waals surface area contributed by atoms with Crippen LogP contribution in [0.15, 0.2) is 12.2 Å². The second kappa shape index (κ2) is 25.5. The first-order valence-corrected chi connectivity index (χ1v) is 14.1. The fourth-order valence-electron chi connectivity index (χ4n) is 4.09. The van der Waals surface area contributed by atoms with Crippen LogP contribution in [0.1, 0.15) is 162 Å². The van der Waals surface area contributed by atoms with Crippen LogP contribution in [0.25, 0.3) is 0 Å². The molecule has 0 bridgehead atoms. The molecule has 0 aliphatic carbocycles. The second-order valence-electron chi connectivity index (χ2n) is 9.44. The van der Waals surface area contributed by atoms with Crippen molar-refractivity contribution in [1.82, 2.24) is 0 Å². The van der Waals surface area contributed by atoms with Crippen molar-refractivity contribution in [2.24, 2.45) is 0 Å². The summed E-state index contributed by atoms with van der Waals surface area (Å²) in [6, 6.07) is 0. The average molecular weight is 437 g/mol. The van der Waals surface area contributed by atoms with E-state index in [2.05, 4.69) is 32.9 Å². The Kier molecular flexibility index (Phi) is 24.8. The minimum Gasteiger partial charge on any atom is -0.462 e. The van der Waals surface area contributed by atoms with Crippen LogP contribution in [-0.2, 0) is 9.53 Å². The summed E-state index contributed by atoms with van der Waals surface area (Å²) in [6.45, 7) is 6.73. The summed E-state index contributed by atoms with van der Waals surface area (Å²) in [5, 5.41) is 0. The number of unbranched alkanes of at least 4 members (excludes halogenated alkanes) is 15. The maximum Gasteiger partial charge on any atom is 0.306 e. The van der Waals surface area contributed by atoms with Crippen LogP contribution < -0.4 is 0 Å². The minimum absolute atomic E-state index is 0.0376. The molecule has 0 radical (unpaired) electrons. The number of rotatable bonds is 24. The number of carbonyl (C=O) groups is 1. The summed E-state index contributed by atoms with van der Waals surface area (Å²) in [5.74, 6) is 0.0376. The molecular weight excluding hydrogens is 380 g/mol. The van der Waals surface area contributed by atoms with Gasteiger partial charge in [-0.25, -0.2) is 0 Å². The molecule has 0 N–H and O–H groups in total. The number of carbonyl (C=O) groups excluding carboxylic acids is 1. The number of esters is 1. The van der Waals surface area contributed by atoms with E-state index in [4.69, 9.17) is 4.74 Å². The topological polar surface area (TPSA) is 26.3 Å². The predicted molar refractivity (Wildman–Crippen MR) is 138 cm³/mol. The molecule has 0 aromatic rings. The molecule has 2 heteroatoms. The van der Waals surface area contributed by atoms with Crippen LogP contribution in [0.4, 0.5) is 0 Å². The van der Waals surface area contributed by atoms with E-state index in [1.165, 1.54) is 109 Å². The lowest BCUT2D eigenvalue weighted by Crippen LogP contribution is -2.18. The first-order valence-electron chi connectivity index (χ1n) is 14.1. The zero-order chi connectivity index (χ0) is 22.8. The molecule has 0 heterocycles. The van der Waals surface area contributed by atoms with Gasteiger partial charge in [0.05, 0.1) is 0 Å². The van der Waals surface area contributed by atoms with Gasteiger partial charge in [-0.1, -0.05) is 110 Å². The number of hydrogen-bond donors (Lipinski definition) is 0. The first-order chi connectivity index (χ1) is 15.2. The maximum absolute atomic E-state index is 12.2. The molecule has 0 aliphatic heterocycles. The standard InChI is InChI=1S/C29H56O2/c1-4-7-10-11-12-13-14-15-16-17-18-19-20-21-24-27-29(30)31-28(25-22-8-5-2)26-23-9-6-3/h15-16,28H,4-14,17-27H2,1-3H3/b16-15-. The molecule has 0 aromatic heterocycles. The fraction of sp³-hybridized carbons (Fsp3) is 0.897. The third kappa shape index (κ3) is 23.7. The van der Waals surface area contributed by atoms with Crippen LogP contribution in [0, 0.1) is 0 Å². The van der Waals surface area contributed by atoms with Gasteiger partial charge in [-0.2, -0.15) is 0 Å². The summed E-state index contributed by atoms with van der Waals surface area (Å²) >= 11 is 0. The smallest absolute Gasteiger partial charge is 0.306 e. The quantitative estimate of drug-likeness (QED) is 0.0854. The van der Waals surface area contributed by atoms with E-state index in [9.17, 15) is 4.79 Å². The van der Waals surface area contributed by atoms with Gasteiger partial charge in [0, 0.05) is 6.42 Å². The molecule has 0 amide bonds. The molecule has 0 aromatic carbocycles. The Morgan fingerprint density at radius 2 is 1.00 bits per heavy atom. The van der Waals surface area contributed by atoms with Crippen molar-refractivity contribution in [3.8, 4) is 0 Å². The summed E-state index contributed by atoms with van der Waals surface area (Å²) in [5.41, 5.74) is 0. The fourth-order valence-corrected chi connectivity index (χ4v) is 4.09. The van der Waals surface area contributed by atoms with Crippen molar-refractivity contribution < 1.29 is 9.53 Å².